The second kappa shape index (κ2) is 5.84. The fourth-order valence-corrected chi connectivity index (χ4v) is 1.79. The monoisotopic (exact) mass is 229 g/mol. The first-order valence-electron chi connectivity index (χ1n) is 5.65. The molecule has 1 fully saturated rings. The van der Waals surface area contributed by atoms with Crippen molar-refractivity contribution >= 4 is 11.9 Å². The van der Waals surface area contributed by atoms with Crippen LogP contribution in [0, 0.1) is 11.8 Å². The fraction of sp³-hybridized carbons (Fsp3) is 0.818. The maximum atomic E-state index is 11.8. The lowest BCUT2D eigenvalue weighted by Gasteiger charge is -2.25. The van der Waals surface area contributed by atoms with Gasteiger partial charge in [0.15, 0.2) is 0 Å². The quantitative estimate of drug-likeness (QED) is 0.701. The molecule has 0 aliphatic carbocycles. The first kappa shape index (κ1) is 13.0. The highest BCUT2D eigenvalue weighted by atomic mass is 16.5. The smallest absolute Gasteiger partial charge is 0.315 e. The van der Waals surface area contributed by atoms with Crippen LogP contribution in [0.3, 0.4) is 0 Å². The average Bonchev–Trinajstić information content (AvgIpc) is 2.76. The molecule has 92 valence electrons. The van der Waals surface area contributed by atoms with Crippen LogP contribution in [-0.2, 0) is 14.3 Å². The average molecular weight is 229 g/mol. The van der Waals surface area contributed by atoms with E-state index in [0.29, 0.717) is 25.6 Å². The molecule has 1 aliphatic rings. The van der Waals surface area contributed by atoms with Crippen molar-refractivity contribution in [3.63, 3.8) is 0 Å². The van der Waals surface area contributed by atoms with Gasteiger partial charge in [0.05, 0.1) is 6.61 Å². The van der Waals surface area contributed by atoms with E-state index in [1.165, 1.54) is 6.92 Å². The Kier molecular flexibility index (Phi) is 4.73. The van der Waals surface area contributed by atoms with Gasteiger partial charge in [0, 0.05) is 25.6 Å². The molecule has 16 heavy (non-hydrogen) atoms. The van der Waals surface area contributed by atoms with E-state index in [-0.39, 0.29) is 5.91 Å². The molecule has 0 aromatic carbocycles. The van der Waals surface area contributed by atoms with Crippen LogP contribution in [0.1, 0.15) is 20.3 Å². The van der Waals surface area contributed by atoms with Crippen molar-refractivity contribution in [1.29, 1.82) is 0 Å². The Hall–Kier alpha value is -1.10. The summed E-state index contributed by atoms with van der Waals surface area (Å²) < 4.78 is 5.24. The first-order chi connectivity index (χ1) is 7.56. The van der Waals surface area contributed by atoms with E-state index >= 15 is 0 Å². The number of nitrogens with zero attached hydrogens (tertiary/aromatic N) is 1. The standard InChI is InChI=1S/C11H19NO4/c1-3-12(6-9-4-5-16-7-9)10(13)8(2)11(14)15/h8-9H,3-7H2,1-2H3,(H,14,15). The zero-order valence-electron chi connectivity index (χ0n) is 9.81. The zero-order chi connectivity index (χ0) is 12.1. The van der Waals surface area contributed by atoms with Gasteiger partial charge in [0.2, 0.25) is 5.91 Å². The number of carbonyl (C=O) groups excluding carboxylic acids is 1. The summed E-state index contributed by atoms with van der Waals surface area (Å²) in [7, 11) is 0. The largest absolute Gasteiger partial charge is 0.481 e. The molecule has 0 spiro atoms. The summed E-state index contributed by atoms with van der Waals surface area (Å²) in [6.45, 7) is 5.86. The lowest BCUT2D eigenvalue weighted by Crippen LogP contribution is -2.41. The van der Waals surface area contributed by atoms with Crippen LogP contribution in [0.15, 0.2) is 0 Å². The van der Waals surface area contributed by atoms with Crippen molar-refractivity contribution in [3.8, 4) is 0 Å². The van der Waals surface area contributed by atoms with Gasteiger partial charge in [-0.15, -0.1) is 0 Å². The zero-order valence-corrected chi connectivity index (χ0v) is 9.81. The highest BCUT2D eigenvalue weighted by Crippen LogP contribution is 2.15. The van der Waals surface area contributed by atoms with Gasteiger partial charge >= 0.3 is 5.97 Å². The van der Waals surface area contributed by atoms with E-state index in [0.717, 1.165) is 13.0 Å². The Balaban J connectivity index is 2.52. The summed E-state index contributed by atoms with van der Waals surface area (Å²) in [4.78, 5) is 24.1. The van der Waals surface area contributed by atoms with Gasteiger partial charge in [-0.05, 0) is 20.3 Å². The van der Waals surface area contributed by atoms with Gasteiger partial charge in [-0.25, -0.2) is 0 Å². The molecule has 1 aliphatic heterocycles. The summed E-state index contributed by atoms with van der Waals surface area (Å²) in [6.07, 6.45) is 0.950. The van der Waals surface area contributed by atoms with E-state index in [1.807, 2.05) is 6.92 Å². The minimum atomic E-state index is -1.06. The van der Waals surface area contributed by atoms with Gasteiger partial charge in [-0.3, -0.25) is 9.59 Å². The molecular weight excluding hydrogens is 210 g/mol. The van der Waals surface area contributed by atoms with Crippen LogP contribution >= 0.6 is 0 Å². The molecule has 0 aromatic rings. The number of aliphatic carboxylic acids is 1. The SMILES string of the molecule is CCN(CC1CCOC1)C(=O)C(C)C(=O)O. The molecule has 1 rings (SSSR count). The number of ether oxygens (including phenoxy) is 1. The van der Waals surface area contributed by atoms with E-state index in [9.17, 15) is 9.59 Å². The van der Waals surface area contributed by atoms with Crippen LogP contribution in [0.5, 0.6) is 0 Å². The molecular formula is C11H19NO4. The van der Waals surface area contributed by atoms with E-state index < -0.39 is 11.9 Å². The van der Waals surface area contributed by atoms with Crippen molar-refractivity contribution < 1.29 is 19.4 Å². The molecule has 5 heteroatoms. The van der Waals surface area contributed by atoms with E-state index in [4.69, 9.17) is 9.84 Å². The van der Waals surface area contributed by atoms with Crippen molar-refractivity contribution in [2.75, 3.05) is 26.3 Å². The summed E-state index contributed by atoms with van der Waals surface area (Å²) in [6, 6.07) is 0. The predicted octanol–water partition coefficient (Wildman–Crippen LogP) is 0.592. The van der Waals surface area contributed by atoms with Crippen LogP contribution in [-0.4, -0.2) is 48.2 Å². The number of carboxylic acid groups (broad SMARTS) is 1. The fourth-order valence-electron chi connectivity index (χ4n) is 1.79. The normalized spacial score (nSPS) is 21.8. The predicted molar refractivity (Wildman–Crippen MR) is 58.0 cm³/mol. The van der Waals surface area contributed by atoms with Gasteiger partial charge in [-0.2, -0.15) is 0 Å². The topological polar surface area (TPSA) is 66.8 Å². The second-order valence-electron chi connectivity index (χ2n) is 4.17. The molecule has 1 saturated heterocycles. The summed E-state index contributed by atoms with van der Waals surface area (Å²) in [5, 5.41) is 8.79. The van der Waals surface area contributed by atoms with E-state index in [2.05, 4.69) is 0 Å². The van der Waals surface area contributed by atoms with Crippen molar-refractivity contribution in [2.24, 2.45) is 11.8 Å². The molecule has 5 nitrogen and oxygen atoms in total. The molecule has 0 aromatic heterocycles. The van der Waals surface area contributed by atoms with Gasteiger partial charge in [0.25, 0.3) is 0 Å². The minimum Gasteiger partial charge on any atom is -0.481 e. The van der Waals surface area contributed by atoms with Crippen molar-refractivity contribution in [1.82, 2.24) is 4.90 Å². The number of hydrogen-bond acceptors (Lipinski definition) is 3. The highest BCUT2D eigenvalue weighted by molar-refractivity contribution is 5.96. The number of amides is 1. The number of carbonyl (C=O) groups is 2. The molecule has 1 heterocycles. The van der Waals surface area contributed by atoms with Gasteiger partial charge < -0.3 is 14.7 Å². The maximum absolute atomic E-state index is 11.8. The third-order valence-electron chi connectivity index (χ3n) is 2.94. The number of hydrogen-bond donors (Lipinski definition) is 1. The Labute approximate surface area is 95.4 Å². The molecule has 2 atom stereocenters. The van der Waals surface area contributed by atoms with Crippen LogP contribution < -0.4 is 0 Å². The van der Waals surface area contributed by atoms with Gasteiger partial charge in [-0.1, -0.05) is 0 Å². The lowest BCUT2D eigenvalue weighted by molar-refractivity contribution is -0.150. The third-order valence-corrected chi connectivity index (χ3v) is 2.94. The number of carboxylic acids is 1. The lowest BCUT2D eigenvalue weighted by atomic mass is 10.1. The van der Waals surface area contributed by atoms with E-state index in [1.54, 1.807) is 4.90 Å². The molecule has 0 saturated carbocycles. The molecule has 0 radical (unpaired) electrons. The summed E-state index contributed by atoms with van der Waals surface area (Å²) in [5.74, 6) is -1.97. The van der Waals surface area contributed by atoms with Crippen molar-refractivity contribution in [3.05, 3.63) is 0 Å². The molecule has 1 N–H and O–H groups in total. The van der Waals surface area contributed by atoms with Crippen LogP contribution in [0.2, 0.25) is 0 Å². The molecule has 0 bridgehead atoms. The Bertz CT molecular complexity index is 261. The second-order valence-corrected chi connectivity index (χ2v) is 4.17. The molecule has 2 unspecified atom stereocenters. The van der Waals surface area contributed by atoms with Crippen LogP contribution in [0.4, 0.5) is 0 Å². The number of rotatable bonds is 5. The maximum Gasteiger partial charge on any atom is 0.315 e. The first-order valence-corrected chi connectivity index (χ1v) is 5.65. The van der Waals surface area contributed by atoms with Crippen LogP contribution in [0.25, 0.3) is 0 Å². The summed E-state index contributed by atoms with van der Waals surface area (Å²) in [5.41, 5.74) is 0. The Morgan fingerprint density at radius 2 is 2.25 bits per heavy atom. The third kappa shape index (κ3) is 3.20. The Morgan fingerprint density at radius 1 is 1.56 bits per heavy atom. The highest BCUT2D eigenvalue weighted by Gasteiger charge is 2.28. The summed E-state index contributed by atoms with van der Waals surface area (Å²) >= 11 is 0. The Morgan fingerprint density at radius 3 is 2.69 bits per heavy atom. The van der Waals surface area contributed by atoms with Crippen molar-refractivity contribution in [2.45, 2.75) is 20.3 Å². The minimum absolute atomic E-state index is 0.304. The molecule has 1 amide bonds. The van der Waals surface area contributed by atoms with Gasteiger partial charge in [0.1, 0.15) is 5.92 Å².